The second-order valence-electron chi connectivity index (χ2n) is 7.69. The van der Waals surface area contributed by atoms with Gasteiger partial charge in [-0.25, -0.2) is 8.42 Å². The molecule has 7 heteroatoms. The fourth-order valence-electron chi connectivity index (χ4n) is 3.62. The van der Waals surface area contributed by atoms with Crippen LogP contribution in [0.5, 0.6) is 0 Å². The molecule has 1 aromatic rings. The van der Waals surface area contributed by atoms with Gasteiger partial charge in [0.2, 0.25) is 11.8 Å². The molecular weight excluding hydrogens is 352 g/mol. The van der Waals surface area contributed by atoms with Gasteiger partial charge in [0.05, 0.1) is 23.3 Å². The SMILES string of the molecule is CC(C)c1ccccc1NC(=O)C1CC1C(=O)N(C)C1CCS(=O)(=O)C1. The van der Waals surface area contributed by atoms with Crippen molar-refractivity contribution >= 4 is 27.3 Å². The van der Waals surface area contributed by atoms with Gasteiger partial charge in [-0.1, -0.05) is 32.0 Å². The van der Waals surface area contributed by atoms with Crippen molar-refractivity contribution in [3.05, 3.63) is 29.8 Å². The predicted octanol–water partition coefficient (Wildman–Crippen LogP) is 2.03. The molecule has 2 aliphatic rings. The molecule has 1 aromatic carbocycles. The van der Waals surface area contributed by atoms with E-state index in [0.29, 0.717) is 18.8 Å². The maximum absolute atomic E-state index is 12.6. The molecule has 1 heterocycles. The number of hydrogen-bond acceptors (Lipinski definition) is 4. The van der Waals surface area contributed by atoms with Crippen LogP contribution in [0, 0.1) is 11.8 Å². The van der Waals surface area contributed by atoms with E-state index in [1.165, 1.54) is 4.90 Å². The van der Waals surface area contributed by atoms with Crippen LogP contribution in [0.25, 0.3) is 0 Å². The Labute approximate surface area is 154 Å². The highest BCUT2D eigenvalue weighted by Gasteiger charge is 2.50. The van der Waals surface area contributed by atoms with Crippen LogP contribution in [-0.4, -0.2) is 49.7 Å². The van der Waals surface area contributed by atoms with Crippen molar-refractivity contribution in [1.29, 1.82) is 0 Å². The van der Waals surface area contributed by atoms with E-state index >= 15 is 0 Å². The highest BCUT2D eigenvalue weighted by Crippen LogP contribution is 2.41. The first-order valence-electron chi connectivity index (χ1n) is 9.06. The molecule has 0 radical (unpaired) electrons. The van der Waals surface area contributed by atoms with Crippen LogP contribution in [-0.2, 0) is 19.4 Å². The van der Waals surface area contributed by atoms with Gasteiger partial charge in [0.15, 0.2) is 9.84 Å². The van der Waals surface area contributed by atoms with E-state index < -0.39 is 9.84 Å². The first-order valence-corrected chi connectivity index (χ1v) is 10.9. The van der Waals surface area contributed by atoms with Crippen LogP contribution in [0.4, 0.5) is 5.69 Å². The van der Waals surface area contributed by atoms with E-state index in [-0.39, 0.29) is 41.2 Å². The van der Waals surface area contributed by atoms with E-state index in [2.05, 4.69) is 19.2 Å². The molecule has 6 nitrogen and oxygen atoms in total. The fourth-order valence-corrected chi connectivity index (χ4v) is 5.39. The number of amides is 2. The van der Waals surface area contributed by atoms with Crippen LogP contribution in [0.1, 0.15) is 38.2 Å². The van der Waals surface area contributed by atoms with Crippen LogP contribution < -0.4 is 5.32 Å². The Balaban J connectivity index is 1.60. The fraction of sp³-hybridized carbons (Fsp3) is 0.579. The Morgan fingerprint density at radius 2 is 1.88 bits per heavy atom. The minimum atomic E-state index is -3.04. The summed E-state index contributed by atoms with van der Waals surface area (Å²) in [6.45, 7) is 4.14. The first-order chi connectivity index (χ1) is 12.2. The van der Waals surface area contributed by atoms with Crippen molar-refractivity contribution in [3.63, 3.8) is 0 Å². The first kappa shape index (κ1) is 18.9. The molecule has 2 fully saturated rings. The minimum Gasteiger partial charge on any atom is -0.341 e. The molecular formula is C19H26N2O4S. The number of nitrogens with zero attached hydrogens (tertiary/aromatic N) is 1. The summed E-state index contributed by atoms with van der Waals surface area (Å²) < 4.78 is 23.2. The maximum Gasteiger partial charge on any atom is 0.228 e. The van der Waals surface area contributed by atoms with Gasteiger partial charge in [-0.15, -0.1) is 0 Å². The van der Waals surface area contributed by atoms with Gasteiger partial charge in [0, 0.05) is 18.8 Å². The molecule has 0 bridgehead atoms. The Kier molecular flexibility index (Phi) is 5.10. The number of nitrogens with one attached hydrogen (secondary N) is 1. The van der Waals surface area contributed by atoms with Crippen molar-refractivity contribution in [2.24, 2.45) is 11.8 Å². The second-order valence-corrected chi connectivity index (χ2v) is 9.91. The molecule has 0 aromatic heterocycles. The van der Waals surface area contributed by atoms with E-state index in [1.54, 1.807) is 7.05 Å². The minimum absolute atomic E-state index is 0.0284. The Bertz CT molecular complexity index is 819. The number of carbonyl (C=O) groups is 2. The molecule has 1 aliphatic heterocycles. The zero-order chi connectivity index (χ0) is 19.1. The summed E-state index contributed by atoms with van der Waals surface area (Å²) in [7, 11) is -1.39. The average Bonchev–Trinajstić information content (AvgIpc) is 3.31. The van der Waals surface area contributed by atoms with Crippen LogP contribution in [0.15, 0.2) is 24.3 Å². The average molecular weight is 378 g/mol. The molecule has 3 rings (SSSR count). The normalized spacial score (nSPS) is 26.5. The van der Waals surface area contributed by atoms with E-state index in [9.17, 15) is 18.0 Å². The number of hydrogen-bond donors (Lipinski definition) is 1. The van der Waals surface area contributed by atoms with Crippen LogP contribution in [0.3, 0.4) is 0 Å². The molecule has 26 heavy (non-hydrogen) atoms. The number of rotatable bonds is 5. The van der Waals surface area contributed by atoms with Gasteiger partial charge >= 0.3 is 0 Å². The highest BCUT2D eigenvalue weighted by atomic mass is 32.2. The Morgan fingerprint density at radius 1 is 1.19 bits per heavy atom. The summed E-state index contributed by atoms with van der Waals surface area (Å²) in [5.41, 5.74) is 1.86. The molecule has 2 amide bonds. The summed E-state index contributed by atoms with van der Waals surface area (Å²) in [6.07, 6.45) is 1.01. The van der Waals surface area contributed by atoms with Gasteiger partial charge in [0.25, 0.3) is 0 Å². The van der Waals surface area contributed by atoms with Gasteiger partial charge in [-0.05, 0) is 30.4 Å². The number of sulfone groups is 1. The maximum atomic E-state index is 12.6. The third-order valence-corrected chi connectivity index (χ3v) is 7.14. The summed E-state index contributed by atoms with van der Waals surface area (Å²) in [4.78, 5) is 26.7. The monoisotopic (exact) mass is 378 g/mol. The van der Waals surface area contributed by atoms with Crippen molar-refractivity contribution in [2.45, 2.75) is 38.6 Å². The lowest BCUT2D eigenvalue weighted by Crippen LogP contribution is -2.39. The summed E-state index contributed by atoms with van der Waals surface area (Å²) in [5, 5.41) is 2.95. The lowest BCUT2D eigenvalue weighted by molar-refractivity contribution is -0.134. The number of benzene rings is 1. The molecule has 1 saturated heterocycles. The van der Waals surface area contributed by atoms with E-state index in [0.717, 1.165) is 11.3 Å². The van der Waals surface area contributed by atoms with Gasteiger partial charge in [0.1, 0.15) is 0 Å². The summed E-state index contributed by atoms with van der Waals surface area (Å²) in [5.74, 6) is -0.472. The number of para-hydroxylation sites is 1. The zero-order valence-corrected chi connectivity index (χ0v) is 16.3. The summed E-state index contributed by atoms with van der Waals surface area (Å²) >= 11 is 0. The van der Waals surface area contributed by atoms with E-state index in [1.807, 2.05) is 24.3 Å². The smallest absolute Gasteiger partial charge is 0.228 e. The molecule has 0 spiro atoms. The zero-order valence-electron chi connectivity index (χ0n) is 15.4. The predicted molar refractivity (Wildman–Crippen MR) is 101 cm³/mol. The largest absolute Gasteiger partial charge is 0.341 e. The molecule has 3 atom stereocenters. The molecule has 1 N–H and O–H groups in total. The molecule has 1 aliphatic carbocycles. The third kappa shape index (κ3) is 3.92. The second kappa shape index (κ2) is 7.02. The van der Waals surface area contributed by atoms with Crippen molar-refractivity contribution in [2.75, 3.05) is 23.9 Å². The Morgan fingerprint density at radius 3 is 2.50 bits per heavy atom. The lowest BCUT2D eigenvalue weighted by Gasteiger charge is -2.23. The topological polar surface area (TPSA) is 83.6 Å². The molecule has 1 saturated carbocycles. The Hall–Kier alpha value is -1.89. The number of anilines is 1. The number of carbonyl (C=O) groups excluding carboxylic acids is 2. The van der Waals surface area contributed by atoms with Crippen LogP contribution >= 0.6 is 0 Å². The molecule has 142 valence electrons. The quantitative estimate of drug-likeness (QED) is 0.850. The highest BCUT2D eigenvalue weighted by molar-refractivity contribution is 7.91. The van der Waals surface area contributed by atoms with E-state index in [4.69, 9.17) is 0 Å². The summed E-state index contributed by atoms with van der Waals surface area (Å²) in [6, 6.07) is 7.43. The van der Waals surface area contributed by atoms with Gasteiger partial charge < -0.3 is 10.2 Å². The van der Waals surface area contributed by atoms with Crippen molar-refractivity contribution in [3.8, 4) is 0 Å². The van der Waals surface area contributed by atoms with Crippen LogP contribution in [0.2, 0.25) is 0 Å². The third-order valence-electron chi connectivity index (χ3n) is 5.39. The lowest BCUT2D eigenvalue weighted by atomic mass is 10.0. The van der Waals surface area contributed by atoms with Gasteiger partial charge in [-0.2, -0.15) is 0 Å². The van der Waals surface area contributed by atoms with Crippen molar-refractivity contribution < 1.29 is 18.0 Å². The molecule has 3 unspecified atom stereocenters. The standard InChI is InChI=1S/C19H26N2O4S/c1-12(2)14-6-4-5-7-17(14)20-18(22)15-10-16(15)19(23)21(3)13-8-9-26(24,25)11-13/h4-7,12-13,15-16H,8-11H2,1-3H3,(H,20,22). The van der Waals surface area contributed by atoms with Crippen molar-refractivity contribution in [1.82, 2.24) is 4.90 Å². The van der Waals surface area contributed by atoms with Gasteiger partial charge in [-0.3, -0.25) is 9.59 Å².